The van der Waals surface area contributed by atoms with Crippen LogP contribution in [0.4, 0.5) is 5.00 Å². The minimum absolute atomic E-state index is 0.103. The second-order valence-corrected chi connectivity index (χ2v) is 5.80. The van der Waals surface area contributed by atoms with Crippen LogP contribution in [0.15, 0.2) is 12.1 Å². The molecule has 16 heavy (non-hydrogen) atoms. The quantitative estimate of drug-likeness (QED) is 0.844. The second kappa shape index (κ2) is 4.63. The maximum atomic E-state index is 11.7. The molecule has 0 unspecified atom stereocenters. The maximum Gasteiger partial charge on any atom is 0.313 e. The van der Waals surface area contributed by atoms with E-state index in [0.717, 1.165) is 28.6 Å². The van der Waals surface area contributed by atoms with E-state index in [2.05, 4.69) is 5.32 Å². The molecule has 1 saturated carbocycles. The van der Waals surface area contributed by atoms with E-state index in [1.165, 1.54) is 18.4 Å². The van der Waals surface area contributed by atoms with Gasteiger partial charge in [-0.15, -0.1) is 11.3 Å². The zero-order valence-electron chi connectivity index (χ0n) is 9.09. The molecule has 5 heteroatoms. The van der Waals surface area contributed by atoms with Crippen LogP contribution in [0.2, 0.25) is 4.34 Å². The first-order valence-electron chi connectivity index (χ1n) is 5.24. The third-order valence-electron chi connectivity index (χ3n) is 3.10. The highest BCUT2D eigenvalue weighted by Gasteiger charge is 2.45. The second-order valence-electron chi connectivity index (χ2n) is 4.08. The molecule has 0 aromatic carbocycles. The minimum Gasteiger partial charge on any atom is -0.469 e. The Morgan fingerprint density at radius 2 is 2.38 bits per heavy atom. The molecule has 1 N–H and O–H groups in total. The van der Waals surface area contributed by atoms with Crippen LogP contribution >= 0.6 is 22.9 Å². The molecule has 88 valence electrons. The van der Waals surface area contributed by atoms with Crippen LogP contribution in [-0.2, 0) is 9.53 Å². The molecular formula is C11H14ClNO2S. The van der Waals surface area contributed by atoms with Crippen LogP contribution in [0, 0.1) is 5.41 Å². The SMILES string of the molecule is COC(=O)C1(CNc2ccc(Cl)s2)CCC1. The van der Waals surface area contributed by atoms with Crippen molar-refractivity contribution in [2.75, 3.05) is 19.0 Å². The highest BCUT2D eigenvalue weighted by Crippen LogP contribution is 2.42. The van der Waals surface area contributed by atoms with Gasteiger partial charge in [0.25, 0.3) is 0 Å². The summed E-state index contributed by atoms with van der Waals surface area (Å²) in [6, 6.07) is 3.77. The molecule has 0 radical (unpaired) electrons. The van der Waals surface area contributed by atoms with E-state index in [-0.39, 0.29) is 11.4 Å². The molecule has 0 aliphatic heterocycles. The number of hydrogen-bond acceptors (Lipinski definition) is 4. The van der Waals surface area contributed by atoms with Gasteiger partial charge in [-0.3, -0.25) is 4.79 Å². The fraction of sp³-hybridized carbons (Fsp3) is 0.545. The van der Waals surface area contributed by atoms with Crippen molar-refractivity contribution in [2.24, 2.45) is 5.41 Å². The van der Waals surface area contributed by atoms with Gasteiger partial charge in [0.1, 0.15) is 0 Å². The Morgan fingerprint density at radius 1 is 1.62 bits per heavy atom. The Bertz CT molecular complexity index is 387. The number of halogens is 1. The highest BCUT2D eigenvalue weighted by molar-refractivity contribution is 7.19. The molecule has 0 bridgehead atoms. The van der Waals surface area contributed by atoms with Crippen molar-refractivity contribution in [3.63, 3.8) is 0 Å². The van der Waals surface area contributed by atoms with E-state index in [4.69, 9.17) is 16.3 Å². The number of hydrogen-bond donors (Lipinski definition) is 1. The molecular weight excluding hydrogens is 246 g/mol. The summed E-state index contributed by atoms with van der Waals surface area (Å²) in [5.74, 6) is -0.103. The van der Waals surface area contributed by atoms with Gasteiger partial charge in [0, 0.05) is 6.54 Å². The number of esters is 1. The summed E-state index contributed by atoms with van der Waals surface area (Å²) in [6.45, 7) is 0.635. The van der Waals surface area contributed by atoms with Crippen molar-refractivity contribution >= 4 is 33.9 Å². The number of anilines is 1. The van der Waals surface area contributed by atoms with E-state index in [0.29, 0.717) is 6.54 Å². The first kappa shape index (κ1) is 11.7. The third-order valence-corrected chi connectivity index (χ3v) is 4.29. The molecule has 0 atom stereocenters. The Labute approximate surface area is 104 Å². The zero-order chi connectivity index (χ0) is 11.6. The van der Waals surface area contributed by atoms with Crippen LogP contribution in [0.3, 0.4) is 0 Å². The lowest BCUT2D eigenvalue weighted by molar-refractivity contribution is -0.157. The number of carbonyl (C=O) groups is 1. The van der Waals surface area contributed by atoms with Gasteiger partial charge in [-0.25, -0.2) is 0 Å². The number of rotatable bonds is 4. The van der Waals surface area contributed by atoms with E-state index in [1.54, 1.807) is 0 Å². The van der Waals surface area contributed by atoms with Gasteiger partial charge >= 0.3 is 5.97 Å². The average Bonchev–Trinajstić information content (AvgIpc) is 2.62. The highest BCUT2D eigenvalue weighted by atomic mass is 35.5. The Kier molecular flexibility index (Phi) is 3.40. The lowest BCUT2D eigenvalue weighted by Gasteiger charge is -2.38. The number of thiophene rings is 1. The van der Waals surface area contributed by atoms with Gasteiger partial charge in [0.15, 0.2) is 0 Å². The normalized spacial score (nSPS) is 17.6. The first-order valence-corrected chi connectivity index (χ1v) is 6.43. The minimum atomic E-state index is -0.314. The summed E-state index contributed by atoms with van der Waals surface area (Å²) in [6.07, 6.45) is 2.92. The molecule has 0 spiro atoms. The predicted molar refractivity (Wildman–Crippen MR) is 66.1 cm³/mol. The lowest BCUT2D eigenvalue weighted by Crippen LogP contribution is -2.44. The third kappa shape index (κ3) is 2.18. The van der Waals surface area contributed by atoms with Crippen molar-refractivity contribution in [3.05, 3.63) is 16.5 Å². The summed E-state index contributed by atoms with van der Waals surface area (Å²) in [5.41, 5.74) is -0.314. The van der Waals surface area contributed by atoms with Crippen molar-refractivity contribution in [1.29, 1.82) is 0 Å². The Balaban J connectivity index is 1.95. The van der Waals surface area contributed by atoms with Gasteiger partial charge < -0.3 is 10.1 Å². The zero-order valence-corrected chi connectivity index (χ0v) is 10.7. The van der Waals surface area contributed by atoms with Crippen LogP contribution in [0.1, 0.15) is 19.3 Å². The average molecular weight is 260 g/mol. The maximum absolute atomic E-state index is 11.7. The smallest absolute Gasteiger partial charge is 0.313 e. The van der Waals surface area contributed by atoms with Gasteiger partial charge in [-0.2, -0.15) is 0 Å². The van der Waals surface area contributed by atoms with E-state index >= 15 is 0 Å². The van der Waals surface area contributed by atoms with E-state index in [1.807, 2.05) is 12.1 Å². The van der Waals surface area contributed by atoms with E-state index < -0.39 is 0 Å². The summed E-state index contributed by atoms with van der Waals surface area (Å²) in [5, 5.41) is 4.26. The summed E-state index contributed by atoms with van der Waals surface area (Å²) in [4.78, 5) is 11.7. The topological polar surface area (TPSA) is 38.3 Å². The van der Waals surface area contributed by atoms with Gasteiger partial charge in [0.05, 0.1) is 21.9 Å². The molecule has 1 aliphatic rings. The van der Waals surface area contributed by atoms with Crippen molar-refractivity contribution in [3.8, 4) is 0 Å². The number of nitrogens with one attached hydrogen (secondary N) is 1. The molecule has 1 aromatic rings. The number of methoxy groups -OCH3 is 1. The van der Waals surface area contributed by atoms with Gasteiger partial charge in [-0.1, -0.05) is 18.0 Å². The van der Waals surface area contributed by atoms with Crippen LogP contribution in [-0.4, -0.2) is 19.6 Å². The molecule has 1 aliphatic carbocycles. The monoisotopic (exact) mass is 259 g/mol. The summed E-state index contributed by atoms with van der Waals surface area (Å²) in [7, 11) is 1.45. The number of ether oxygens (including phenoxy) is 1. The molecule has 2 rings (SSSR count). The predicted octanol–water partition coefficient (Wildman–Crippen LogP) is 3.16. The fourth-order valence-corrected chi connectivity index (χ4v) is 2.88. The Hall–Kier alpha value is -0.740. The standard InChI is InChI=1S/C11H14ClNO2S/c1-15-10(14)11(5-2-6-11)7-13-9-4-3-8(12)16-9/h3-4,13H,2,5-7H2,1H3. The van der Waals surface area contributed by atoms with Crippen molar-refractivity contribution in [1.82, 2.24) is 0 Å². The molecule has 0 saturated heterocycles. The van der Waals surface area contributed by atoms with E-state index in [9.17, 15) is 4.79 Å². The van der Waals surface area contributed by atoms with Crippen LogP contribution in [0.5, 0.6) is 0 Å². The van der Waals surface area contributed by atoms with Gasteiger partial charge in [-0.05, 0) is 25.0 Å². The Morgan fingerprint density at radius 3 is 2.81 bits per heavy atom. The van der Waals surface area contributed by atoms with Gasteiger partial charge in [0.2, 0.25) is 0 Å². The van der Waals surface area contributed by atoms with Crippen LogP contribution in [0.25, 0.3) is 0 Å². The van der Waals surface area contributed by atoms with Crippen molar-refractivity contribution in [2.45, 2.75) is 19.3 Å². The molecule has 3 nitrogen and oxygen atoms in total. The van der Waals surface area contributed by atoms with Crippen molar-refractivity contribution < 1.29 is 9.53 Å². The molecule has 1 aromatic heterocycles. The summed E-state index contributed by atoms with van der Waals surface area (Å²) < 4.78 is 5.60. The lowest BCUT2D eigenvalue weighted by atomic mass is 9.68. The fourth-order valence-electron chi connectivity index (χ4n) is 1.94. The molecule has 1 heterocycles. The molecule has 0 amide bonds. The first-order chi connectivity index (χ1) is 7.66. The molecule has 1 fully saturated rings. The largest absolute Gasteiger partial charge is 0.469 e. The summed E-state index contributed by atoms with van der Waals surface area (Å²) >= 11 is 7.32. The van der Waals surface area contributed by atoms with Crippen LogP contribution < -0.4 is 5.32 Å². The number of carbonyl (C=O) groups excluding carboxylic acids is 1.